The van der Waals surface area contributed by atoms with E-state index in [-0.39, 0.29) is 0 Å². The molecular weight excluding hydrogens is 316 g/mol. The van der Waals surface area contributed by atoms with Gasteiger partial charge < -0.3 is 9.88 Å². The third kappa shape index (κ3) is 2.19. The first kappa shape index (κ1) is 15.0. The molecule has 1 aliphatic heterocycles. The van der Waals surface area contributed by atoms with E-state index in [1.165, 1.54) is 38.6 Å². The van der Waals surface area contributed by atoms with E-state index in [4.69, 9.17) is 0 Å². The maximum absolute atomic E-state index is 4.40. The Bertz CT molecular complexity index is 1120. The van der Waals surface area contributed by atoms with Gasteiger partial charge in [0.25, 0.3) is 0 Å². The second-order valence-corrected chi connectivity index (χ2v) is 6.76. The molecule has 2 heterocycles. The molecule has 0 fully saturated rings. The van der Waals surface area contributed by atoms with E-state index in [1.807, 2.05) is 6.20 Å². The van der Waals surface area contributed by atoms with Crippen molar-refractivity contribution in [1.29, 1.82) is 0 Å². The molecule has 4 aromatic rings. The molecule has 5 rings (SSSR count). The van der Waals surface area contributed by atoms with Crippen LogP contribution in [0.25, 0.3) is 33.1 Å². The molecule has 2 heteroatoms. The predicted octanol–water partition coefficient (Wildman–Crippen LogP) is 6.52. The van der Waals surface area contributed by atoms with Crippen molar-refractivity contribution in [3.05, 3.63) is 91.1 Å². The zero-order valence-electron chi connectivity index (χ0n) is 14.6. The van der Waals surface area contributed by atoms with Crippen LogP contribution in [0.15, 0.2) is 85.6 Å². The van der Waals surface area contributed by atoms with E-state index in [1.54, 1.807) is 0 Å². The largest absolute Gasteiger partial charge is 0.361 e. The number of para-hydroxylation sites is 2. The molecule has 1 N–H and O–H groups in total. The first-order valence-corrected chi connectivity index (χ1v) is 9.06. The van der Waals surface area contributed by atoms with Gasteiger partial charge in [0.05, 0.1) is 16.7 Å². The molecule has 0 atom stereocenters. The van der Waals surface area contributed by atoms with Crippen molar-refractivity contribution in [2.45, 2.75) is 12.8 Å². The normalized spacial score (nSPS) is 15.3. The Morgan fingerprint density at radius 3 is 2.23 bits per heavy atom. The summed E-state index contributed by atoms with van der Waals surface area (Å²) in [6, 6.07) is 23.7. The molecule has 0 unspecified atom stereocenters. The average molecular weight is 336 g/mol. The molecule has 0 saturated carbocycles. The summed E-state index contributed by atoms with van der Waals surface area (Å²) in [5.74, 6) is 0. The third-order valence-corrected chi connectivity index (χ3v) is 5.19. The number of hydrogen-bond acceptors (Lipinski definition) is 1. The smallest absolute Gasteiger partial charge is 0.0557 e. The maximum atomic E-state index is 4.40. The number of hydrogen-bond donors (Lipinski definition) is 1. The molecular formula is C24H20N2. The van der Waals surface area contributed by atoms with Crippen molar-refractivity contribution in [3.63, 3.8) is 0 Å². The Hall–Kier alpha value is -3.26. The minimum atomic E-state index is 0.972. The highest BCUT2D eigenvalue weighted by Gasteiger charge is 2.18. The third-order valence-electron chi connectivity index (χ3n) is 5.19. The lowest BCUT2D eigenvalue weighted by Crippen LogP contribution is -2.04. The second-order valence-electron chi connectivity index (χ2n) is 6.76. The van der Waals surface area contributed by atoms with Crippen molar-refractivity contribution in [2.75, 3.05) is 5.32 Å². The zero-order chi connectivity index (χ0) is 17.5. The van der Waals surface area contributed by atoms with E-state index in [0.717, 1.165) is 18.5 Å². The van der Waals surface area contributed by atoms with Crippen molar-refractivity contribution in [2.24, 2.45) is 0 Å². The molecule has 0 saturated heterocycles. The fourth-order valence-electron chi connectivity index (χ4n) is 4.01. The molecule has 0 radical (unpaired) electrons. The minimum Gasteiger partial charge on any atom is -0.361 e. The van der Waals surface area contributed by atoms with Gasteiger partial charge in [0.1, 0.15) is 0 Å². The van der Waals surface area contributed by atoms with Crippen molar-refractivity contribution in [1.82, 2.24) is 4.57 Å². The average Bonchev–Trinajstić information content (AvgIpc) is 3.00. The highest BCUT2D eigenvalue weighted by atomic mass is 15.0. The van der Waals surface area contributed by atoms with Gasteiger partial charge in [-0.25, -0.2) is 0 Å². The monoisotopic (exact) mass is 336 g/mol. The van der Waals surface area contributed by atoms with E-state index in [0.29, 0.717) is 0 Å². The van der Waals surface area contributed by atoms with Crippen LogP contribution in [-0.2, 0) is 0 Å². The number of aromatic nitrogens is 1. The van der Waals surface area contributed by atoms with Gasteiger partial charge in [0.15, 0.2) is 0 Å². The number of nitrogens with zero attached hydrogens (tertiary/aromatic N) is 1. The zero-order valence-corrected chi connectivity index (χ0v) is 14.6. The van der Waals surface area contributed by atoms with Crippen LogP contribution < -0.4 is 5.32 Å². The van der Waals surface area contributed by atoms with E-state index >= 15 is 0 Å². The molecule has 0 aliphatic carbocycles. The van der Waals surface area contributed by atoms with Gasteiger partial charge in [-0.1, -0.05) is 55.1 Å². The van der Waals surface area contributed by atoms with Gasteiger partial charge in [-0.05, 0) is 48.9 Å². The van der Waals surface area contributed by atoms with Crippen molar-refractivity contribution in [3.8, 4) is 5.69 Å². The van der Waals surface area contributed by atoms with E-state index in [2.05, 4.69) is 89.3 Å². The lowest BCUT2D eigenvalue weighted by atomic mass is 9.97. The van der Waals surface area contributed by atoms with Gasteiger partial charge in [-0.15, -0.1) is 0 Å². The molecule has 0 amide bonds. The molecule has 0 spiro atoms. The topological polar surface area (TPSA) is 17.0 Å². The van der Waals surface area contributed by atoms with Crippen LogP contribution in [0.4, 0.5) is 5.69 Å². The van der Waals surface area contributed by atoms with Crippen LogP contribution >= 0.6 is 0 Å². The van der Waals surface area contributed by atoms with Gasteiger partial charge in [0, 0.05) is 22.0 Å². The fourth-order valence-corrected chi connectivity index (χ4v) is 4.01. The number of fused-ring (bicyclic) bond motifs is 4. The van der Waals surface area contributed by atoms with Crippen molar-refractivity contribution >= 4 is 33.1 Å². The summed E-state index contributed by atoms with van der Waals surface area (Å²) in [5, 5.41) is 6.00. The summed E-state index contributed by atoms with van der Waals surface area (Å²) in [6.07, 6.45) is 6.19. The lowest BCUT2D eigenvalue weighted by molar-refractivity contribution is 1.05. The lowest BCUT2D eigenvalue weighted by Gasteiger charge is -2.20. The summed E-state index contributed by atoms with van der Waals surface area (Å²) >= 11 is 0. The van der Waals surface area contributed by atoms with Crippen LogP contribution in [-0.4, -0.2) is 4.57 Å². The molecule has 1 aliphatic rings. The summed E-state index contributed by atoms with van der Waals surface area (Å²) in [6.45, 7) is 4.40. The van der Waals surface area contributed by atoms with Crippen LogP contribution in [0.3, 0.4) is 0 Å². The van der Waals surface area contributed by atoms with Crippen LogP contribution in [0.2, 0.25) is 0 Å². The highest BCUT2D eigenvalue weighted by molar-refractivity contribution is 6.09. The Morgan fingerprint density at radius 2 is 1.50 bits per heavy atom. The molecule has 2 nitrogen and oxygen atoms in total. The van der Waals surface area contributed by atoms with Gasteiger partial charge in [0.2, 0.25) is 0 Å². The second kappa shape index (κ2) is 5.92. The molecule has 3 aromatic carbocycles. The minimum absolute atomic E-state index is 0.972. The Morgan fingerprint density at radius 1 is 0.808 bits per heavy atom. The van der Waals surface area contributed by atoms with Gasteiger partial charge in [-0.2, -0.15) is 0 Å². The van der Waals surface area contributed by atoms with Gasteiger partial charge in [-0.3, -0.25) is 0 Å². The van der Waals surface area contributed by atoms with E-state index in [9.17, 15) is 0 Å². The number of nitrogens with one attached hydrogen (secondary N) is 1. The molecule has 1 aromatic heterocycles. The van der Waals surface area contributed by atoms with E-state index < -0.39 is 0 Å². The summed E-state index contributed by atoms with van der Waals surface area (Å²) < 4.78 is 2.38. The highest BCUT2D eigenvalue weighted by Crippen LogP contribution is 2.38. The quantitative estimate of drug-likeness (QED) is 0.419. The summed E-state index contributed by atoms with van der Waals surface area (Å²) in [4.78, 5) is 0. The summed E-state index contributed by atoms with van der Waals surface area (Å²) in [7, 11) is 0. The number of rotatable bonds is 1. The van der Waals surface area contributed by atoms with Crippen LogP contribution in [0, 0.1) is 0 Å². The van der Waals surface area contributed by atoms with Crippen molar-refractivity contribution < 1.29 is 0 Å². The summed E-state index contributed by atoms with van der Waals surface area (Å²) in [5.41, 5.74) is 7.15. The number of allylic oxidation sites excluding steroid dienone is 2. The first-order valence-electron chi connectivity index (χ1n) is 9.06. The number of anilines is 1. The van der Waals surface area contributed by atoms with Crippen LogP contribution in [0.1, 0.15) is 18.4 Å². The Labute approximate surface area is 153 Å². The number of benzene rings is 3. The Balaban J connectivity index is 1.91. The van der Waals surface area contributed by atoms with Gasteiger partial charge >= 0.3 is 0 Å². The maximum Gasteiger partial charge on any atom is 0.0557 e. The standard InChI is InChI=1S/C24H20N2/c1-17-9-6-7-16-25-20-12-8-15-23(24(17)20)26-21-13-4-2-10-18(21)19-11-3-5-14-22(19)26/h2-5,7-8,10-16,25H,1,6,9H2/b16-7-. The molecule has 26 heavy (non-hydrogen) atoms. The Kier molecular flexibility index (Phi) is 3.42. The molecule has 0 bridgehead atoms. The SMILES string of the molecule is C=C1CC/C=C\Nc2cccc(-n3c4ccccc4c4ccccc43)c21. The molecule has 126 valence electrons. The predicted molar refractivity (Wildman–Crippen MR) is 112 cm³/mol. The van der Waals surface area contributed by atoms with Crippen LogP contribution in [0.5, 0.6) is 0 Å². The fraction of sp³-hybridized carbons (Fsp3) is 0.0833. The first-order chi connectivity index (χ1) is 12.8.